The summed E-state index contributed by atoms with van der Waals surface area (Å²) in [4.78, 5) is 23.4. The molecule has 0 saturated carbocycles. The van der Waals surface area contributed by atoms with E-state index in [0.29, 0.717) is 58.4 Å². The molecule has 1 amide bonds. The van der Waals surface area contributed by atoms with Crippen molar-refractivity contribution < 1.29 is 14.3 Å². The predicted octanol–water partition coefficient (Wildman–Crippen LogP) is 4.59. The van der Waals surface area contributed by atoms with Crippen LogP contribution in [0.5, 0.6) is 11.5 Å². The van der Waals surface area contributed by atoms with E-state index in [1.54, 1.807) is 25.1 Å². The van der Waals surface area contributed by atoms with Gasteiger partial charge in [-0.2, -0.15) is 10.1 Å². The molecule has 11 nitrogen and oxygen atoms in total. The first-order chi connectivity index (χ1) is 18.5. The van der Waals surface area contributed by atoms with Crippen molar-refractivity contribution >= 4 is 46.3 Å². The quantitative estimate of drug-likeness (QED) is 0.298. The molecule has 1 aliphatic rings. The molecule has 0 fully saturated rings. The third kappa shape index (κ3) is 5.34. The number of ether oxygens (including phenoxy) is 2. The lowest BCUT2D eigenvalue weighted by molar-refractivity contribution is -0.117. The van der Waals surface area contributed by atoms with Gasteiger partial charge < -0.3 is 25.4 Å². The first-order valence-corrected chi connectivity index (χ1v) is 12.3. The second-order valence-corrected chi connectivity index (χ2v) is 8.94. The number of anilines is 5. The summed E-state index contributed by atoms with van der Waals surface area (Å²) in [6.07, 6.45) is 5.03. The summed E-state index contributed by atoms with van der Waals surface area (Å²) in [7, 11) is 3.20. The number of rotatable bonds is 8. The number of benzene rings is 2. The number of likely N-dealkylation sites (N-methyl/N-ethyl adjacent to an activating group) is 1. The Morgan fingerprint density at radius 1 is 1.11 bits per heavy atom. The summed E-state index contributed by atoms with van der Waals surface area (Å²) in [6.45, 7) is 3.75. The number of hydrogen-bond acceptors (Lipinski definition) is 9. The van der Waals surface area contributed by atoms with E-state index in [-0.39, 0.29) is 5.91 Å². The molecule has 1 aliphatic heterocycles. The summed E-state index contributed by atoms with van der Waals surface area (Å²) >= 11 is 6.46. The highest BCUT2D eigenvalue weighted by Crippen LogP contribution is 2.36. The van der Waals surface area contributed by atoms with Gasteiger partial charge >= 0.3 is 0 Å². The van der Waals surface area contributed by atoms with E-state index in [1.807, 2.05) is 49.5 Å². The molecule has 4 aromatic rings. The fourth-order valence-electron chi connectivity index (χ4n) is 4.16. The van der Waals surface area contributed by atoms with Crippen LogP contribution in [0.1, 0.15) is 12.5 Å². The third-order valence-corrected chi connectivity index (χ3v) is 6.38. The molecule has 0 saturated heterocycles. The van der Waals surface area contributed by atoms with E-state index in [9.17, 15) is 4.79 Å². The predicted molar refractivity (Wildman–Crippen MR) is 146 cm³/mol. The van der Waals surface area contributed by atoms with Crippen molar-refractivity contribution in [3.63, 3.8) is 0 Å². The molecular formula is C26H27ClN8O3. The van der Waals surface area contributed by atoms with Crippen LogP contribution in [0, 0.1) is 0 Å². The summed E-state index contributed by atoms with van der Waals surface area (Å²) < 4.78 is 12.7. The molecule has 38 heavy (non-hydrogen) atoms. The Hall–Kier alpha value is -4.35. The van der Waals surface area contributed by atoms with E-state index in [1.165, 1.54) is 6.20 Å². The monoisotopic (exact) mass is 534 g/mol. The standard InChI is InChI=1S/C26H27ClN8O3/c1-4-34-14-16-10-23(38-3)21(12-20(16)30-24(36)15-34)32-26-28-13-18(27)25(33-26)31-19-7-6-17(37-2)11-22(19)35-9-5-8-29-35/h5-13H,4,14-15H2,1-3H3,(H,30,36)(H2,28,31,32,33). The van der Waals surface area contributed by atoms with Crippen molar-refractivity contribution in [2.45, 2.75) is 13.5 Å². The van der Waals surface area contributed by atoms with Crippen molar-refractivity contribution in [1.82, 2.24) is 24.6 Å². The van der Waals surface area contributed by atoms with Crippen molar-refractivity contribution in [1.29, 1.82) is 0 Å². The summed E-state index contributed by atoms with van der Waals surface area (Å²) in [5.41, 5.74) is 3.75. The number of fused-ring (bicyclic) bond motifs is 1. The number of nitrogens with zero attached hydrogens (tertiary/aromatic N) is 5. The minimum Gasteiger partial charge on any atom is -0.497 e. The average Bonchev–Trinajstić information content (AvgIpc) is 3.41. The largest absolute Gasteiger partial charge is 0.497 e. The van der Waals surface area contributed by atoms with Gasteiger partial charge in [0.25, 0.3) is 0 Å². The molecule has 3 heterocycles. The van der Waals surface area contributed by atoms with Crippen molar-refractivity contribution in [3.05, 3.63) is 65.6 Å². The van der Waals surface area contributed by atoms with Crippen LogP contribution in [0.2, 0.25) is 5.02 Å². The van der Waals surface area contributed by atoms with E-state index in [4.69, 9.17) is 21.1 Å². The van der Waals surface area contributed by atoms with Crippen molar-refractivity contribution in [3.8, 4) is 17.2 Å². The van der Waals surface area contributed by atoms with E-state index in [2.05, 4.69) is 35.9 Å². The maximum Gasteiger partial charge on any atom is 0.238 e. The van der Waals surface area contributed by atoms with Gasteiger partial charge in [-0.1, -0.05) is 18.5 Å². The van der Waals surface area contributed by atoms with Gasteiger partial charge in [-0.15, -0.1) is 0 Å². The van der Waals surface area contributed by atoms with E-state index < -0.39 is 0 Å². The van der Waals surface area contributed by atoms with Gasteiger partial charge in [0.05, 0.1) is 44.0 Å². The van der Waals surface area contributed by atoms with Gasteiger partial charge in [0, 0.05) is 30.7 Å². The number of halogens is 1. The van der Waals surface area contributed by atoms with Crippen LogP contribution < -0.4 is 25.4 Å². The highest BCUT2D eigenvalue weighted by atomic mass is 35.5. The minimum absolute atomic E-state index is 0.0663. The van der Waals surface area contributed by atoms with Crippen LogP contribution in [-0.4, -0.2) is 57.9 Å². The summed E-state index contributed by atoms with van der Waals surface area (Å²) in [6, 6.07) is 11.1. The number of amides is 1. The van der Waals surface area contributed by atoms with Crippen LogP contribution in [0.3, 0.4) is 0 Å². The van der Waals surface area contributed by atoms with Gasteiger partial charge in [-0.25, -0.2) is 9.67 Å². The highest BCUT2D eigenvalue weighted by molar-refractivity contribution is 6.33. The molecule has 0 radical (unpaired) electrons. The lowest BCUT2D eigenvalue weighted by Crippen LogP contribution is -2.29. The Balaban J connectivity index is 1.46. The zero-order valence-corrected chi connectivity index (χ0v) is 21.9. The lowest BCUT2D eigenvalue weighted by atomic mass is 10.1. The molecule has 5 rings (SSSR count). The average molecular weight is 535 g/mol. The molecule has 2 aromatic carbocycles. The molecule has 0 spiro atoms. The molecular weight excluding hydrogens is 508 g/mol. The third-order valence-electron chi connectivity index (χ3n) is 6.11. The van der Waals surface area contributed by atoms with Crippen LogP contribution >= 0.6 is 11.6 Å². The van der Waals surface area contributed by atoms with Crippen LogP contribution in [0.25, 0.3) is 5.69 Å². The topological polar surface area (TPSA) is 118 Å². The minimum atomic E-state index is -0.0663. The van der Waals surface area contributed by atoms with Crippen LogP contribution in [-0.2, 0) is 11.3 Å². The number of methoxy groups -OCH3 is 2. The Morgan fingerprint density at radius 3 is 2.71 bits per heavy atom. The highest BCUT2D eigenvalue weighted by Gasteiger charge is 2.21. The number of carbonyl (C=O) groups is 1. The van der Waals surface area contributed by atoms with Gasteiger partial charge in [-0.3, -0.25) is 9.69 Å². The fourth-order valence-corrected chi connectivity index (χ4v) is 4.30. The maximum atomic E-state index is 12.4. The molecule has 0 atom stereocenters. The molecule has 0 bridgehead atoms. The Labute approximate surface area is 224 Å². The molecule has 0 unspecified atom stereocenters. The van der Waals surface area contributed by atoms with Crippen LogP contribution in [0.15, 0.2) is 55.0 Å². The lowest BCUT2D eigenvalue weighted by Gasteiger charge is -2.18. The van der Waals surface area contributed by atoms with E-state index in [0.717, 1.165) is 17.8 Å². The molecule has 3 N–H and O–H groups in total. The number of hydrogen-bond donors (Lipinski definition) is 3. The summed E-state index contributed by atoms with van der Waals surface area (Å²) in [5.74, 6) is 1.90. The maximum absolute atomic E-state index is 12.4. The second-order valence-electron chi connectivity index (χ2n) is 8.53. The van der Waals surface area contributed by atoms with Gasteiger partial charge in [-0.05, 0) is 42.4 Å². The van der Waals surface area contributed by atoms with Crippen molar-refractivity contribution in [2.75, 3.05) is 43.3 Å². The SMILES string of the molecule is CCN1CC(=O)Nc2cc(Nc3ncc(Cl)c(Nc4ccc(OC)cc4-n4cccn4)n3)c(OC)cc2C1. The Morgan fingerprint density at radius 2 is 1.97 bits per heavy atom. The zero-order chi connectivity index (χ0) is 26.6. The number of aromatic nitrogens is 4. The normalized spacial score (nSPS) is 13.3. The first kappa shape index (κ1) is 25.3. The number of nitrogens with one attached hydrogen (secondary N) is 3. The molecule has 196 valence electrons. The van der Waals surface area contributed by atoms with Gasteiger partial charge in [0.1, 0.15) is 16.5 Å². The molecule has 2 aromatic heterocycles. The van der Waals surface area contributed by atoms with E-state index >= 15 is 0 Å². The molecule has 12 heteroatoms. The van der Waals surface area contributed by atoms with Crippen molar-refractivity contribution in [2.24, 2.45) is 0 Å². The van der Waals surface area contributed by atoms with Gasteiger partial charge in [0.2, 0.25) is 11.9 Å². The number of carbonyl (C=O) groups excluding carboxylic acids is 1. The summed E-state index contributed by atoms with van der Waals surface area (Å²) in [5, 5.41) is 14.1. The van der Waals surface area contributed by atoms with Gasteiger partial charge in [0.15, 0.2) is 5.82 Å². The van der Waals surface area contributed by atoms with Crippen LogP contribution in [0.4, 0.5) is 28.8 Å². The zero-order valence-electron chi connectivity index (χ0n) is 21.2. The first-order valence-electron chi connectivity index (χ1n) is 11.9. The second kappa shape index (κ2) is 11.0. The molecule has 0 aliphatic carbocycles. The smallest absolute Gasteiger partial charge is 0.238 e. The fraction of sp³-hybridized carbons (Fsp3) is 0.231. The Kier molecular flexibility index (Phi) is 7.29. The Bertz CT molecular complexity index is 1460.